The van der Waals surface area contributed by atoms with Crippen LogP contribution in [0, 0.1) is 11.3 Å². The van der Waals surface area contributed by atoms with Gasteiger partial charge in [0.05, 0.1) is 6.10 Å². The minimum Gasteiger partial charge on any atom is -0.490 e. The van der Waals surface area contributed by atoms with Crippen LogP contribution < -0.4 is 15.4 Å². The number of piperidine rings is 1. The Bertz CT molecular complexity index is 563. The molecule has 24 heavy (non-hydrogen) atoms. The number of carbonyl (C=O) groups is 1. The average molecular weight is 351 g/mol. The highest BCUT2D eigenvalue weighted by Gasteiger charge is 2.57. The van der Waals surface area contributed by atoms with Gasteiger partial charge in [-0.3, -0.25) is 4.79 Å². The van der Waals surface area contributed by atoms with E-state index in [-0.39, 0.29) is 24.2 Å². The van der Waals surface area contributed by atoms with Crippen LogP contribution in [0.15, 0.2) is 24.3 Å². The summed E-state index contributed by atoms with van der Waals surface area (Å²) >= 11 is 0. The molecule has 2 N–H and O–H groups in total. The van der Waals surface area contributed by atoms with Crippen LogP contribution in [0.5, 0.6) is 5.75 Å². The van der Waals surface area contributed by atoms with Gasteiger partial charge in [0, 0.05) is 11.6 Å². The zero-order chi connectivity index (χ0) is 15.7. The molecule has 1 heterocycles. The Hall–Kier alpha value is -1.26. The summed E-state index contributed by atoms with van der Waals surface area (Å²) in [6.07, 6.45) is 8.59. The maximum absolute atomic E-state index is 12.4. The number of rotatable bonds is 4. The summed E-state index contributed by atoms with van der Waals surface area (Å²) in [4.78, 5) is 12.4. The van der Waals surface area contributed by atoms with Crippen molar-refractivity contribution in [1.29, 1.82) is 0 Å². The number of benzene rings is 1. The van der Waals surface area contributed by atoms with E-state index in [4.69, 9.17) is 4.74 Å². The molecule has 1 aliphatic heterocycles. The highest BCUT2D eigenvalue weighted by atomic mass is 35.5. The van der Waals surface area contributed by atoms with Crippen LogP contribution in [-0.2, 0) is 4.79 Å². The van der Waals surface area contributed by atoms with E-state index in [9.17, 15) is 4.79 Å². The fourth-order valence-electron chi connectivity index (χ4n) is 4.24. The van der Waals surface area contributed by atoms with Crippen molar-refractivity contribution in [2.24, 2.45) is 11.3 Å². The molecule has 3 fully saturated rings. The normalized spacial score (nSPS) is 25.1. The van der Waals surface area contributed by atoms with Crippen LogP contribution in [0.1, 0.15) is 44.9 Å². The van der Waals surface area contributed by atoms with Gasteiger partial charge in [-0.05, 0) is 87.7 Å². The lowest BCUT2D eigenvalue weighted by Crippen LogP contribution is -2.31. The van der Waals surface area contributed by atoms with Crippen molar-refractivity contribution in [1.82, 2.24) is 5.32 Å². The fraction of sp³-hybridized carbons (Fsp3) is 0.632. The smallest absolute Gasteiger partial charge is 0.228 e. The Morgan fingerprint density at radius 3 is 2.46 bits per heavy atom. The molecule has 4 rings (SSSR count). The number of amides is 1. The van der Waals surface area contributed by atoms with E-state index in [0.29, 0.717) is 11.5 Å². The maximum atomic E-state index is 12.4. The predicted octanol–water partition coefficient (Wildman–Crippen LogP) is 3.76. The molecule has 0 radical (unpaired) electrons. The van der Waals surface area contributed by atoms with Crippen LogP contribution in [0.4, 0.5) is 5.69 Å². The third-order valence-corrected chi connectivity index (χ3v) is 5.83. The average Bonchev–Trinajstić information content (AvgIpc) is 3.02. The summed E-state index contributed by atoms with van der Waals surface area (Å²) in [7, 11) is 0. The first-order valence-electron chi connectivity index (χ1n) is 9.04. The number of halogens is 1. The molecule has 132 valence electrons. The summed E-state index contributed by atoms with van der Waals surface area (Å²) in [5.74, 6) is 1.31. The first kappa shape index (κ1) is 17.6. The summed E-state index contributed by atoms with van der Waals surface area (Å²) in [5, 5.41) is 6.46. The molecule has 3 aliphatic rings. The van der Waals surface area contributed by atoms with Gasteiger partial charge in [-0.15, -0.1) is 12.4 Å². The number of carbonyl (C=O) groups excluding carboxylic acids is 1. The SMILES string of the molecule is Cl.O=C(Nc1ccc(OC2CCCC2)cc1)C1CC12CCNCC2. The zero-order valence-electron chi connectivity index (χ0n) is 14.1. The van der Waals surface area contributed by atoms with E-state index >= 15 is 0 Å². The standard InChI is InChI=1S/C19H26N2O2.ClH/c22-18(17-13-19(17)9-11-20-12-10-19)21-14-5-7-16(8-6-14)23-15-3-1-2-4-15;/h5-8,15,17,20H,1-4,9-13H2,(H,21,22);1H. The van der Waals surface area contributed by atoms with Crippen LogP contribution in [0.25, 0.3) is 0 Å². The molecule has 1 aromatic carbocycles. The van der Waals surface area contributed by atoms with Crippen molar-refractivity contribution in [2.45, 2.75) is 51.0 Å². The monoisotopic (exact) mass is 350 g/mol. The third kappa shape index (κ3) is 3.70. The summed E-state index contributed by atoms with van der Waals surface area (Å²) in [6.45, 7) is 2.11. The van der Waals surface area contributed by atoms with Crippen molar-refractivity contribution < 1.29 is 9.53 Å². The summed E-state index contributed by atoms with van der Waals surface area (Å²) in [5.41, 5.74) is 1.17. The summed E-state index contributed by atoms with van der Waals surface area (Å²) in [6, 6.07) is 7.86. The molecular formula is C19H27ClN2O2. The highest BCUT2D eigenvalue weighted by Crippen LogP contribution is 2.58. The summed E-state index contributed by atoms with van der Waals surface area (Å²) < 4.78 is 5.97. The van der Waals surface area contributed by atoms with Crippen molar-refractivity contribution in [3.05, 3.63) is 24.3 Å². The van der Waals surface area contributed by atoms with E-state index in [2.05, 4.69) is 10.6 Å². The molecule has 0 aromatic heterocycles. The van der Waals surface area contributed by atoms with E-state index in [1.165, 1.54) is 12.8 Å². The Kier molecular flexibility index (Phi) is 5.36. The Morgan fingerprint density at radius 1 is 1.12 bits per heavy atom. The van der Waals surface area contributed by atoms with E-state index in [1.807, 2.05) is 24.3 Å². The molecule has 1 aromatic rings. The quantitative estimate of drug-likeness (QED) is 0.869. The number of anilines is 1. The van der Waals surface area contributed by atoms with Crippen LogP contribution in [-0.4, -0.2) is 25.1 Å². The highest BCUT2D eigenvalue weighted by molar-refractivity contribution is 5.95. The second-order valence-corrected chi connectivity index (χ2v) is 7.41. The molecule has 1 saturated heterocycles. The van der Waals surface area contributed by atoms with E-state index in [1.54, 1.807) is 0 Å². The van der Waals surface area contributed by atoms with Gasteiger partial charge >= 0.3 is 0 Å². The largest absolute Gasteiger partial charge is 0.490 e. The first-order valence-corrected chi connectivity index (χ1v) is 9.04. The Morgan fingerprint density at radius 2 is 1.79 bits per heavy atom. The van der Waals surface area contributed by atoms with E-state index in [0.717, 1.165) is 56.6 Å². The van der Waals surface area contributed by atoms with Gasteiger partial charge in [0.15, 0.2) is 0 Å². The topological polar surface area (TPSA) is 50.4 Å². The lowest BCUT2D eigenvalue weighted by atomic mass is 9.92. The van der Waals surface area contributed by atoms with Crippen molar-refractivity contribution in [3.63, 3.8) is 0 Å². The molecule has 1 amide bonds. The van der Waals surface area contributed by atoms with Gasteiger partial charge in [0.2, 0.25) is 5.91 Å². The van der Waals surface area contributed by atoms with Crippen LogP contribution >= 0.6 is 12.4 Å². The maximum Gasteiger partial charge on any atom is 0.228 e. The lowest BCUT2D eigenvalue weighted by molar-refractivity contribution is -0.118. The van der Waals surface area contributed by atoms with Crippen LogP contribution in [0.3, 0.4) is 0 Å². The minimum atomic E-state index is 0. The van der Waals surface area contributed by atoms with Gasteiger partial charge in [-0.25, -0.2) is 0 Å². The number of ether oxygens (including phenoxy) is 1. The molecule has 4 nitrogen and oxygen atoms in total. The minimum absolute atomic E-state index is 0. The molecule has 0 bridgehead atoms. The van der Waals surface area contributed by atoms with Gasteiger partial charge < -0.3 is 15.4 Å². The lowest BCUT2D eigenvalue weighted by Gasteiger charge is -2.23. The number of nitrogens with one attached hydrogen (secondary N) is 2. The molecule has 5 heteroatoms. The molecule has 1 unspecified atom stereocenters. The fourth-order valence-corrected chi connectivity index (χ4v) is 4.24. The molecular weight excluding hydrogens is 324 g/mol. The molecule has 2 saturated carbocycles. The first-order chi connectivity index (χ1) is 11.3. The van der Waals surface area contributed by atoms with Gasteiger partial charge in [-0.2, -0.15) is 0 Å². The van der Waals surface area contributed by atoms with Crippen molar-refractivity contribution in [3.8, 4) is 5.75 Å². The van der Waals surface area contributed by atoms with Crippen molar-refractivity contribution in [2.75, 3.05) is 18.4 Å². The number of hydrogen-bond donors (Lipinski definition) is 2. The van der Waals surface area contributed by atoms with E-state index < -0.39 is 0 Å². The van der Waals surface area contributed by atoms with Crippen molar-refractivity contribution >= 4 is 24.0 Å². The van der Waals surface area contributed by atoms with Crippen LogP contribution in [0.2, 0.25) is 0 Å². The second-order valence-electron chi connectivity index (χ2n) is 7.41. The Balaban J connectivity index is 0.00000169. The van der Waals surface area contributed by atoms with Gasteiger partial charge in [0.25, 0.3) is 0 Å². The number of hydrogen-bond acceptors (Lipinski definition) is 3. The van der Waals surface area contributed by atoms with Gasteiger partial charge in [0.1, 0.15) is 5.75 Å². The molecule has 1 spiro atoms. The molecule has 1 atom stereocenters. The zero-order valence-corrected chi connectivity index (χ0v) is 14.9. The second kappa shape index (κ2) is 7.32. The third-order valence-electron chi connectivity index (χ3n) is 5.83. The van der Waals surface area contributed by atoms with Gasteiger partial charge in [-0.1, -0.05) is 0 Å². The predicted molar refractivity (Wildman–Crippen MR) is 97.8 cm³/mol. The Labute approximate surface area is 150 Å². The molecule has 2 aliphatic carbocycles.